The predicted octanol–water partition coefficient (Wildman–Crippen LogP) is 3.71. The van der Waals surface area contributed by atoms with Gasteiger partial charge in [-0.15, -0.1) is 0 Å². The lowest BCUT2D eigenvalue weighted by Gasteiger charge is -2.28. The van der Waals surface area contributed by atoms with Gasteiger partial charge in [0, 0.05) is 30.4 Å². The van der Waals surface area contributed by atoms with Gasteiger partial charge in [0.05, 0.1) is 6.10 Å². The lowest BCUT2D eigenvalue weighted by molar-refractivity contribution is 0.195. The second kappa shape index (κ2) is 7.39. The van der Waals surface area contributed by atoms with Gasteiger partial charge in [0.25, 0.3) is 0 Å². The molecule has 3 heteroatoms. The van der Waals surface area contributed by atoms with Crippen molar-refractivity contribution in [1.29, 1.82) is 0 Å². The van der Waals surface area contributed by atoms with Crippen molar-refractivity contribution in [3.8, 4) is 5.75 Å². The van der Waals surface area contributed by atoms with Gasteiger partial charge in [-0.05, 0) is 25.8 Å². The zero-order valence-electron chi connectivity index (χ0n) is 12.6. The van der Waals surface area contributed by atoms with Crippen LogP contribution in [0, 0.1) is 5.92 Å². The summed E-state index contributed by atoms with van der Waals surface area (Å²) in [5.41, 5.74) is 1.61. The minimum Gasteiger partial charge on any atom is -0.507 e. The van der Waals surface area contributed by atoms with Crippen LogP contribution in [-0.4, -0.2) is 23.3 Å². The largest absolute Gasteiger partial charge is 0.507 e. The number of aliphatic hydroxyl groups is 1. The highest BCUT2D eigenvalue weighted by atomic mass is 16.3. The summed E-state index contributed by atoms with van der Waals surface area (Å²) in [6.07, 6.45) is 1.71. The Hall–Kier alpha value is -1.22. The molecule has 0 saturated heterocycles. The molecule has 0 spiro atoms. The average molecular weight is 265 g/mol. The number of hydrogen-bond acceptors (Lipinski definition) is 3. The normalized spacial score (nSPS) is 12.7. The maximum Gasteiger partial charge on any atom is 0.123 e. The van der Waals surface area contributed by atoms with Gasteiger partial charge >= 0.3 is 0 Å². The number of rotatable bonds is 7. The Morgan fingerprint density at radius 3 is 2.21 bits per heavy atom. The maximum atomic E-state index is 9.97. The van der Waals surface area contributed by atoms with E-state index in [4.69, 9.17) is 0 Å². The summed E-state index contributed by atoms with van der Waals surface area (Å²) >= 11 is 0. The Balaban J connectivity index is 2.90. The monoisotopic (exact) mass is 265 g/mol. The molecule has 0 aliphatic heterocycles. The van der Waals surface area contributed by atoms with Gasteiger partial charge < -0.3 is 15.1 Å². The van der Waals surface area contributed by atoms with Crippen LogP contribution in [0.5, 0.6) is 5.75 Å². The highest BCUT2D eigenvalue weighted by Crippen LogP contribution is 2.29. The second-order valence-electron chi connectivity index (χ2n) is 5.14. The molecular formula is C16H27NO2. The number of anilines is 1. The zero-order valence-corrected chi connectivity index (χ0v) is 12.6. The highest BCUT2D eigenvalue weighted by Gasteiger charge is 2.13. The Morgan fingerprint density at radius 1 is 1.16 bits per heavy atom. The first-order valence-corrected chi connectivity index (χ1v) is 7.29. The summed E-state index contributed by atoms with van der Waals surface area (Å²) in [4.78, 5) is 2.28. The Bertz CT molecular complexity index is 386. The van der Waals surface area contributed by atoms with E-state index >= 15 is 0 Å². The molecule has 0 aliphatic rings. The number of benzene rings is 1. The third-order valence-corrected chi connectivity index (χ3v) is 3.84. The van der Waals surface area contributed by atoms with Crippen LogP contribution < -0.4 is 4.90 Å². The molecule has 0 heterocycles. The van der Waals surface area contributed by atoms with E-state index in [9.17, 15) is 10.2 Å². The lowest BCUT2D eigenvalue weighted by atomic mass is 10.0. The van der Waals surface area contributed by atoms with Gasteiger partial charge in [0.2, 0.25) is 0 Å². The molecule has 1 unspecified atom stereocenters. The summed E-state index contributed by atoms with van der Waals surface area (Å²) in [5.74, 6) is 0.856. The summed E-state index contributed by atoms with van der Waals surface area (Å²) in [6, 6.07) is 5.55. The van der Waals surface area contributed by atoms with Gasteiger partial charge in [0.1, 0.15) is 5.75 Å². The number of nitrogens with zero attached hydrogens (tertiary/aromatic N) is 1. The fraction of sp³-hybridized carbons (Fsp3) is 0.625. The van der Waals surface area contributed by atoms with Crippen molar-refractivity contribution < 1.29 is 10.2 Å². The topological polar surface area (TPSA) is 43.7 Å². The standard InChI is InChI=1S/C16H27NO2/c1-5-13(6-2)11-17(7-3)14-8-9-15(12(4)18)16(19)10-14/h8-10,12-13,18-19H,5-7,11H2,1-4H3. The van der Waals surface area contributed by atoms with E-state index in [1.54, 1.807) is 13.0 Å². The van der Waals surface area contributed by atoms with Crippen LogP contribution in [0.1, 0.15) is 52.2 Å². The van der Waals surface area contributed by atoms with Gasteiger partial charge in [-0.3, -0.25) is 0 Å². The molecule has 0 aliphatic carbocycles. The molecule has 0 saturated carbocycles. The van der Waals surface area contributed by atoms with Crippen LogP contribution in [0.3, 0.4) is 0 Å². The van der Waals surface area contributed by atoms with Gasteiger partial charge in [-0.2, -0.15) is 0 Å². The molecule has 1 atom stereocenters. The van der Waals surface area contributed by atoms with Crippen LogP contribution in [0.2, 0.25) is 0 Å². The molecule has 1 rings (SSSR count). The van der Waals surface area contributed by atoms with Crippen LogP contribution >= 0.6 is 0 Å². The quantitative estimate of drug-likeness (QED) is 0.790. The lowest BCUT2D eigenvalue weighted by Crippen LogP contribution is -2.28. The van der Waals surface area contributed by atoms with Gasteiger partial charge in [-0.25, -0.2) is 0 Å². The fourth-order valence-corrected chi connectivity index (χ4v) is 2.36. The predicted molar refractivity (Wildman–Crippen MR) is 80.7 cm³/mol. The molecule has 1 aromatic carbocycles. The van der Waals surface area contributed by atoms with E-state index in [1.807, 2.05) is 12.1 Å². The third-order valence-electron chi connectivity index (χ3n) is 3.84. The Morgan fingerprint density at radius 2 is 1.79 bits per heavy atom. The fourth-order valence-electron chi connectivity index (χ4n) is 2.36. The van der Waals surface area contributed by atoms with Crippen molar-refractivity contribution in [2.75, 3.05) is 18.0 Å². The van der Waals surface area contributed by atoms with Gasteiger partial charge in [0.15, 0.2) is 0 Å². The van der Waals surface area contributed by atoms with Crippen molar-refractivity contribution in [2.24, 2.45) is 5.92 Å². The van der Waals surface area contributed by atoms with E-state index in [-0.39, 0.29) is 5.75 Å². The number of aliphatic hydroxyl groups excluding tert-OH is 1. The smallest absolute Gasteiger partial charge is 0.123 e. The SMILES string of the molecule is CCC(CC)CN(CC)c1ccc(C(C)O)c(O)c1. The summed E-state index contributed by atoms with van der Waals surface area (Å²) in [7, 11) is 0. The number of phenolic OH excluding ortho intramolecular Hbond substituents is 1. The molecule has 0 amide bonds. The first kappa shape index (κ1) is 15.8. The van der Waals surface area contributed by atoms with E-state index in [2.05, 4.69) is 25.7 Å². The molecular weight excluding hydrogens is 238 g/mol. The molecule has 3 nitrogen and oxygen atoms in total. The molecule has 19 heavy (non-hydrogen) atoms. The van der Waals surface area contributed by atoms with E-state index in [0.29, 0.717) is 11.5 Å². The summed E-state index contributed by atoms with van der Waals surface area (Å²) < 4.78 is 0. The minimum absolute atomic E-state index is 0.176. The summed E-state index contributed by atoms with van der Waals surface area (Å²) in [5, 5.41) is 19.5. The van der Waals surface area contributed by atoms with Crippen molar-refractivity contribution >= 4 is 5.69 Å². The maximum absolute atomic E-state index is 9.97. The zero-order chi connectivity index (χ0) is 14.4. The Kier molecular flexibility index (Phi) is 6.16. The van der Waals surface area contributed by atoms with Gasteiger partial charge in [-0.1, -0.05) is 32.8 Å². The van der Waals surface area contributed by atoms with Crippen molar-refractivity contribution in [3.63, 3.8) is 0 Å². The van der Waals surface area contributed by atoms with Crippen LogP contribution in [0.4, 0.5) is 5.69 Å². The second-order valence-corrected chi connectivity index (χ2v) is 5.14. The molecule has 2 N–H and O–H groups in total. The minimum atomic E-state index is -0.636. The van der Waals surface area contributed by atoms with Crippen LogP contribution in [0.25, 0.3) is 0 Å². The van der Waals surface area contributed by atoms with Crippen molar-refractivity contribution in [3.05, 3.63) is 23.8 Å². The number of hydrogen-bond donors (Lipinski definition) is 2. The highest BCUT2D eigenvalue weighted by molar-refractivity contribution is 5.53. The first-order chi connectivity index (χ1) is 9.03. The molecule has 108 valence electrons. The van der Waals surface area contributed by atoms with E-state index in [0.717, 1.165) is 18.8 Å². The summed E-state index contributed by atoms with van der Waals surface area (Å²) in [6.45, 7) is 10.2. The van der Waals surface area contributed by atoms with Crippen molar-refractivity contribution in [2.45, 2.75) is 46.6 Å². The molecule has 0 radical (unpaired) electrons. The first-order valence-electron chi connectivity index (χ1n) is 7.29. The number of aromatic hydroxyl groups is 1. The van der Waals surface area contributed by atoms with Crippen LogP contribution in [-0.2, 0) is 0 Å². The van der Waals surface area contributed by atoms with E-state index in [1.165, 1.54) is 12.8 Å². The average Bonchev–Trinajstić information content (AvgIpc) is 2.39. The number of phenols is 1. The Labute approximate surface area is 116 Å². The van der Waals surface area contributed by atoms with Crippen molar-refractivity contribution in [1.82, 2.24) is 0 Å². The molecule has 0 bridgehead atoms. The van der Waals surface area contributed by atoms with Crippen LogP contribution in [0.15, 0.2) is 18.2 Å². The molecule has 0 fully saturated rings. The molecule has 0 aromatic heterocycles. The van der Waals surface area contributed by atoms with E-state index < -0.39 is 6.10 Å². The molecule has 1 aromatic rings. The third kappa shape index (κ3) is 4.13.